The fourth-order valence-corrected chi connectivity index (χ4v) is 0.406. The molecule has 0 heterocycles. The predicted octanol–water partition coefficient (Wildman–Crippen LogP) is 1.63. The minimum Gasteiger partial charge on any atom is -0.481 e. The monoisotopic (exact) mass is 127 g/mol. The Bertz CT molecular complexity index is 125. The van der Waals surface area contributed by atoms with E-state index in [1.807, 2.05) is 6.92 Å². The average molecular weight is 127 g/mol. The fourth-order valence-electron chi connectivity index (χ4n) is 0.406. The van der Waals surface area contributed by atoms with Crippen LogP contribution in [0.25, 0.3) is 0 Å². The third kappa shape index (κ3) is 5.07. The van der Waals surface area contributed by atoms with Crippen LogP contribution in [0.15, 0.2) is 11.6 Å². The van der Waals surface area contributed by atoms with Crippen LogP contribution in [-0.4, -0.2) is 11.1 Å². The first kappa shape index (κ1) is 8.21. The average Bonchev–Trinajstić information content (AvgIpc) is 1.83. The van der Waals surface area contributed by atoms with Crippen molar-refractivity contribution in [2.45, 2.75) is 19.8 Å². The van der Waals surface area contributed by atoms with E-state index in [0.717, 1.165) is 5.57 Å². The van der Waals surface area contributed by atoms with Crippen molar-refractivity contribution < 1.29 is 9.90 Å². The largest absolute Gasteiger partial charge is 0.481 e. The van der Waals surface area contributed by atoms with Crippen LogP contribution in [0.1, 0.15) is 19.8 Å². The van der Waals surface area contributed by atoms with E-state index in [-0.39, 0.29) is 6.42 Å². The summed E-state index contributed by atoms with van der Waals surface area (Å²) in [6.07, 6.45) is 2.50. The Hall–Kier alpha value is -0.790. The zero-order valence-electron chi connectivity index (χ0n) is 5.55. The van der Waals surface area contributed by atoms with Gasteiger partial charge in [-0.3, -0.25) is 4.79 Å². The van der Waals surface area contributed by atoms with Crippen molar-refractivity contribution in [1.82, 2.24) is 0 Å². The first-order valence-electron chi connectivity index (χ1n) is 2.83. The number of carboxylic acids is 1. The van der Waals surface area contributed by atoms with Gasteiger partial charge in [-0.25, -0.2) is 0 Å². The molecule has 0 aliphatic rings. The lowest BCUT2D eigenvalue weighted by atomic mass is 10.1. The number of hydrogen-bond acceptors (Lipinski definition) is 1. The van der Waals surface area contributed by atoms with Gasteiger partial charge in [0, 0.05) is 6.42 Å². The molecule has 0 fully saturated rings. The molecule has 0 aromatic carbocycles. The third-order valence-electron chi connectivity index (χ3n) is 1.08. The molecule has 0 unspecified atom stereocenters. The summed E-state index contributed by atoms with van der Waals surface area (Å²) in [5.41, 5.74) is 1.03. The zero-order valence-corrected chi connectivity index (χ0v) is 5.55. The summed E-state index contributed by atoms with van der Waals surface area (Å²) in [7, 11) is 0. The number of carbonyl (C=O) groups is 1. The topological polar surface area (TPSA) is 37.3 Å². The second-order valence-electron chi connectivity index (χ2n) is 1.94. The van der Waals surface area contributed by atoms with Crippen molar-refractivity contribution in [3.8, 4) is 0 Å². The van der Waals surface area contributed by atoms with E-state index in [1.165, 1.54) is 0 Å². The van der Waals surface area contributed by atoms with Gasteiger partial charge < -0.3 is 5.11 Å². The Kier molecular flexibility index (Phi) is 3.76. The highest BCUT2D eigenvalue weighted by Gasteiger charge is 1.95. The van der Waals surface area contributed by atoms with Gasteiger partial charge in [0.1, 0.15) is 0 Å². The zero-order chi connectivity index (χ0) is 7.28. The van der Waals surface area contributed by atoms with Crippen LogP contribution in [0.2, 0.25) is 0 Å². The summed E-state index contributed by atoms with van der Waals surface area (Å²) in [6.45, 7) is 5.38. The molecule has 2 heteroatoms. The van der Waals surface area contributed by atoms with E-state index >= 15 is 0 Å². The smallest absolute Gasteiger partial charge is 0.303 e. The Labute approximate surface area is 55.2 Å². The molecule has 1 N–H and O–H groups in total. The quantitative estimate of drug-likeness (QED) is 0.625. The molecule has 2 nitrogen and oxygen atoms in total. The molecule has 0 atom stereocenters. The second-order valence-corrected chi connectivity index (χ2v) is 1.94. The van der Waals surface area contributed by atoms with Gasteiger partial charge in [-0.2, -0.15) is 0 Å². The molecule has 0 rings (SSSR count). The highest BCUT2D eigenvalue weighted by Crippen LogP contribution is 2.01. The van der Waals surface area contributed by atoms with Crippen molar-refractivity contribution in [2.24, 2.45) is 0 Å². The van der Waals surface area contributed by atoms with Crippen molar-refractivity contribution in [3.63, 3.8) is 0 Å². The van der Waals surface area contributed by atoms with Crippen LogP contribution in [0.5, 0.6) is 0 Å². The molecule has 0 spiro atoms. The highest BCUT2D eigenvalue weighted by atomic mass is 16.4. The molecule has 0 amide bonds. The van der Waals surface area contributed by atoms with Gasteiger partial charge in [0.15, 0.2) is 0 Å². The Morgan fingerprint density at radius 1 is 1.67 bits per heavy atom. The van der Waals surface area contributed by atoms with Gasteiger partial charge in [-0.1, -0.05) is 11.6 Å². The minimum absolute atomic E-state index is 0.206. The lowest BCUT2D eigenvalue weighted by Gasteiger charge is -1.93. The Morgan fingerprint density at radius 2 is 2.22 bits per heavy atom. The standard InChI is InChI=1S/C7H11O2/c1-3-6(2)4-5-7(8)9/h3H,1,4-5H2,2H3,(H,8,9)/b6-3+. The number of aliphatic carboxylic acids is 1. The molecular weight excluding hydrogens is 116 g/mol. The normalized spacial score (nSPS) is 11.6. The molecule has 0 aromatic heterocycles. The first-order chi connectivity index (χ1) is 4.16. The molecule has 0 bridgehead atoms. The van der Waals surface area contributed by atoms with Crippen LogP contribution < -0.4 is 0 Å². The van der Waals surface area contributed by atoms with Gasteiger partial charge >= 0.3 is 5.97 Å². The third-order valence-corrected chi connectivity index (χ3v) is 1.08. The van der Waals surface area contributed by atoms with Gasteiger partial charge in [-0.15, -0.1) is 0 Å². The van der Waals surface area contributed by atoms with Crippen LogP contribution in [0, 0.1) is 6.92 Å². The van der Waals surface area contributed by atoms with E-state index in [0.29, 0.717) is 6.42 Å². The number of hydrogen-bond donors (Lipinski definition) is 1. The maximum Gasteiger partial charge on any atom is 0.303 e. The van der Waals surface area contributed by atoms with Crippen LogP contribution in [0.4, 0.5) is 0 Å². The SMILES string of the molecule is [CH2]/C=C(\C)CCC(=O)O. The van der Waals surface area contributed by atoms with Crippen molar-refractivity contribution in [2.75, 3.05) is 0 Å². The maximum atomic E-state index is 9.97. The van der Waals surface area contributed by atoms with E-state index in [1.54, 1.807) is 6.08 Å². The minimum atomic E-state index is -0.754. The lowest BCUT2D eigenvalue weighted by molar-refractivity contribution is -0.136. The van der Waals surface area contributed by atoms with Crippen LogP contribution in [0.3, 0.4) is 0 Å². The molecule has 0 saturated carbocycles. The van der Waals surface area contributed by atoms with E-state index in [9.17, 15) is 4.79 Å². The van der Waals surface area contributed by atoms with Crippen molar-refractivity contribution in [1.29, 1.82) is 0 Å². The summed E-state index contributed by atoms with van der Waals surface area (Å²) in [5, 5.41) is 8.21. The van der Waals surface area contributed by atoms with E-state index in [4.69, 9.17) is 5.11 Å². The molecule has 1 radical (unpaired) electrons. The van der Waals surface area contributed by atoms with Gasteiger partial charge in [0.05, 0.1) is 0 Å². The summed E-state index contributed by atoms with van der Waals surface area (Å²) in [4.78, 5) is 9.97. The lowest BCUT2D eigenvalue weighted by Crippen LogP contribution is -1.93. The molecule has 0 aliphatic carbocycles. The van der Waals surface area contributed by atoms with Crippen LogP contribution in [-0.2, 0) is 4.79 Å². The molecule has 0 aliphatic heterocycles. The van der Waals surface area contributed by atoms with E-state index < -0.39 is 5.97 Å². The molecule has 51 valence electrons. The Morgan fingerprint density at radius 3 is 2.56 bits per heavy atom. The molecular formula is C7H11O2. The molecule has 9 heavy (non-hydrogen) atoms. The predicted molar refractivity (Wildman–Crippen MR) is 36.0 cm³/mol. The Balaban J connectivity index is 3.39. The fraction of sp³-hybridized carbons (Fsp3) is 0.429. The van der Waals surface area contributed by atoms with Crippen molar-refractivity contribution in [3.05, 3.63) is 18.6 Å². The van der Waals surface area contributed by atoms with Gasteiger partial charge in [-0.05, 0) is 20.3 Å². The summed E-state index contributed by atoms with van der Waals surface area (Å²) in [6, 6.07) is 0. The number of allylic oxidation sites excluding steroid dienone is 2. The van der Waals surface area contributed by atoms with Gasteiger partial charge in [0.2, 0.25) is 0 Å². The number of carboxylic acid groups (broad SMARTS) is 1. The van der Waals surface area contributed by atoms with E-state index in [2.05, 4.69) is 6.92 Å². The first-order valence-corrected chi connectivity index (χ1v) is 2.83. The second kappa shape index (κ2) is 4.13. The summed E-state index contributed by atoms with van der Waals surface area (Å²) in [5.74, 6) is -0.754. The maximum absolute atomic E-state index is 9.97. The molecule has 0 aromatic rings. The van der Waals surface area contributed by atoms with Gasteiger partial charge in [0.25, 0.3) is 0 Å². The molecule has 0 saturated heterocycles. The van der Waals surface area contributed by atoms with Crippen molar-refractivity contribution >= 4 is 5.97 Å². The highest BCUT2D eigenvalue weighted by molar-refractivity contribution is 5.66. The van der Waals surface area contributed by atoms with Crippen LogP contribution >= 0.6 is 0 Å². The summed E-state index contributed by atoms with van der Waals surface area (Å²) < 4.78 is 0. The summed E-state index contributed by atoms with van der Waals surface area (Å²) >= 11 is 0. The number of rotatable bonds is 3.